The number of amides is 1. The Hall–Kier alpha value is -2.02. The van der Waals surface area contributed by atoms with Crippen molar-refractivity contribution in [2.75, 3.05) is 34.8 Å². The number of anilines is 2. The lowest BCUT2D eigenvalue weighted by atomic mass is 9.98. The molecule has 3 rings (SSSR count). The largest absolute Gasteiger partial charge is 0.361 e. The smallest absolute Gasteiger partial charge is 0.231 e. The maximum atomic E-state index is 12.7. The van der Waals surface area contributed by atoms with E-state index in [-0.39, 0.29) is 11.8 Å². The van der Waals surface area contributed by atoms with Crippen LogP contribution in [0.1, 0.15) is 29.9 Å². The predicted octanol–water partition coefficient (Wildman–Crippen LogP) is 2.98. The highest BCUT2D eigenvalue weighted by molar-refractivity contribution is 7.99. The van der Waals surface area contributed by atoms with E-state index in [1.54, 1.807) is 6.20 Å². The number of nitrogens with one attached hydrogen (secondary N) is 1. The summed E-state index contributed by atoms with van der Waals surface area (Å²) < 4.78 is 5.18. The van der Waals surface area contributed by atoms with Gasteiger partial charge in [-0.2, -0.15) is 11.8 Å². The lowest BCUT2D eigenvalue weighted by molar-refractivity contribution is -0.117. The Labute approximate surface area is 146 Å². The van der Waals surface area contributed by atoms with Crippen LogP contribution in [0.5, 0.6) is 0 Å². The van der Waals surface area contributed by atoms with E-state index in [0.717, 1.165) is 47.4 Å². The molecule has 0 aliphatic carbocycles. The molecule has 3 heterocycles. The molecule has 0 spiro atoms. The molecular weight excluding hydrogens is 324 g/mol. The molecule has 1 atom stereocenters. The molecule has 6 nitrogen and oxygen atoms in total. The molecular formula is C17H22N4O2S. The predicted molar refractivity (Wildman–Crippen MR) is 96.8 cm³/mol. The summed E-state index contributed by atoms with van der Waals surface area (Å²) in [6.45, 7) is 7.46. The normalized spacial score (nSPS) is 16.0. The minimum Gasteiger partial charge on any atom is -0.361 e. The SMILES string of the molecule is Cc1noc(C)c1C(C)C(=O)Nc1cccnc1N1CCSCC1. The fourth-order valence-electron chi connectivity index (χ4n) is 3.00. The van der Waals surface area contributed by atoms with Crippen molar-refractivity contribution in [3.05, 3.63) is 35.3 Å². The van der Waals surface area contributed by atoms with Crippen molar-refractivity contribution in [2.24, 2.45) is 0 Å². The molecule has 0 bridgehead atoms. The van der Waals surface area contributed by atoms with Gasteiger partial charge in [0.15, 0.2) is 5.82 Å². The van der Waals surface area contributed by atoms with Gasteiger partial charge in [-0.15, -0.1) is 0 Å². The van der Waals surface area contributed by atoms with E-state index in [9.17, 15) is 4.79 Å². The van der Waals surface area contributed by atoms with E-state index < -0.39 is 0 Å². The quantitative estimate of drug-likeness (QED) is 0.918. The van der Waals surface area contributed by atoms with Crippen LogP contribution in [-0.4, -0.2) is 40.6 Å². The van der Waals surface area contributed by atoms with Gasteiger partial charge in [-0.1, -0.05) is 5.16 Å². The van der Waals surface area contributed by atoms with E-state index >= 15 is 0 Å². The van der Waals surface area contributed by atoms with Gasteiger partial charge in [0.2, 0.25) is 5.91 Å². The molecule has 0 radical (unpaired) electrons. The Balaban J connectivity index is 1.79. The van der Waals surface area contributed by atoms with E-state index in [1.165, 1.54) is 0 Å². The highest BCUT2D eigenvalue weighted by Crippen LogP contribution is 2.28. The summed E-state index contributed by atoms with van der Waals surface area (Å²) in [6, 6.07) is 3.75. The molecule has 1 fully saturated rings. The number of hydrogen-bond acceptors (Lipinski definition) is 6. The zero-order valence-electron chi connectivity index (χ0n) is 14.2. The van der Waals surface area contributed by atoms with Crippen molar-refractivity contribution >= 4 is 29.2 Å². The standard InChI is InChI=1S/C17H22N4O2S/c1-11(15-12(2)20-23-13(15)3)17(22)19-14-5-4-6-18-16(14)21-7-9-24-10-8-21/h4-6,11H,7-10H2,1-3H3,(H,19,22). The van der Waals surface area contributed by atoms with Gasteiger partial charge < -0.3 is 14.7 Å². The van der Waals surface area contributed by atoms with Crippen molar-refractivity contribution in [3.8, 4) is 0 Å². The zero-order valence-corrected chi connectivity index (χ0v) is 15.0. The van der Waals surface area contributed by atoms with Gasteiger partial charge in [0.05, 0.1) is 17.3 Å². The third-order valence-electron chi connectivity index (χ3n) is 4.27. The molecule has 1 aliphatic heterocycles. The highest BCUT2D eigenvalue weighted by Gasteiger charge is 2.24. The number of nitrogens with zero attached hydrogens (tertiary/aromatic N) is 3. The second kappa shape index (κ2) is 7.25. The number of carbonyl (C=O) groups excluding carboxylic acids is 1. The molecule has 1 saturated heterocycles. The molecule has 1 amide bonds. The molecule has 0 saturated carbocycles. The summed E-state index contributed by atoms with van der Waals surface area (Å²) in [5.74, 6) is 3.29. The number of thioether (sulfide) groups is 1. The summed E-state index contributed by atoms with van der Waals surface area (Å²) in [5.41, 5.74) is 2.37. The average Bonchev–Trinajstić information content (AvgIpc) is 2.94. The zero-order chi connectivity index (χ0) is 17.1. The van der Waals surface area contributed by atoms with Crippen LogP contribution in [0.4, 0.5) is 11.5 Å². The van der Waals surface area contributed by atoms with Gasteiger partial charge >= 0.3 is 0 Å². The molecule has 2 aromatic heterocycles. The van der Waals surface area contributed by atoms with Gasteiger partial charge in [-0.05, 0) is 32.9 Å². The summed E-state index contributed by atoms with van der Waals surface area (Å²) in [5, 5.41) is 6.97. The summed E-state index contributed by atoms with van der Waals surface area (Å²) in [4.78, 5) is 19.4. The third-order valence-corrected chi connectivity index (χ3v) is 5.21. The van der Waals surface area contributed by atoms with Gasteiger partial charge in [0.1, 0.15) is 5.76 Å². The van der Waals surface area contributed by atoms with Crippen molar-refractivity contribution in [1.82, 2.24) is 10.1 Å². The summed E-state index contributed by atoms with van der Waals surface area (Å²) in [7, 11) is 0. The number of pyridine rings is 1. The van der Waals surface area contributed by atoms with Crippen LogP contribution < -0.4 is 10.2 Å². The Bertz CT molecular complexity index is 706. The molecule has 1 unspecified atom stereocenters. The summed E-state index contributed by atoms with van der Waals surface area (Å²) >= 11 is 1.95. The van der Waals surface area contributed by atoms with Crippen molar-refractivity contribution in [3.63, 3.8) is 0 Å². The molecule has 0 aromatic carbocycles. The number of rotatable bonds is 4. The van der Waals surface area contributed by atoms with Crippen LogP contribution in [0.2, 0.25) is 0 Å². The molecule has 128 valence electrons. The maximum absolute atomic E-state index is 12.7. The number of aromatic nitrogens is 2. The number of aryl methyl sites for hydroxylation is 2. The fourth-order valence-corrected chi connectivity index (χ4v) is 3.91. The second-order valence-corrected chi connectivity index (χ2v) is 7.15. The van der Waals surface area contributed by atoms with E-state index in [2.05, 4.69) is 20.4 Å². The van der Waals surface area contributed by atoms with Crippen LogP contribution in [-0.2, 0) is 4.79 Å². The molecule has 1 N–H and O–H groups in total. The fraction of sp³-hybridized carbons (Fsp3) is 0.471. The lowest BCUT2D eigenvalue weighted by Gasteiger charge is -2.29. The van der Waals surface area contributed by atoms with Crippen molar-refractivity contribution in [1.29, 1.82) is 0 Å². The molecule has 24 heavy (non-hydrogen) atoms. The van der Waals surface area contributed by atoms with Crippen LogP contribution in [0.15, 0.2) is 22.9 Å². The van der Waals surface area contributed by atoms with Gasteiger partial charge in [0.25, 0.3) is 0 Å². The Morgan fingerprint density at radius 2 is 2.12 bits per heavy atom. The topological polar surface area (TPSA) is 71.3 Å². The lowest BCUT2D eigenvalue weighted by Crippen LogP contribution is -2.34. The van der Waals surface area contributed by atoms with Crippen LogP contribution in [0.3, 0.4) is 0 Å². The molecule has 1 aliphatic rings. The first-order valence-electron chi connectivity index (χ1n) is 8.09. The monoisotopic (exact) mass is 346 g/mol. The van der Waals surface area contributed by atoms with Gasteiger partial charge in [0, 0.05) is 36.4 Å². The minimum atomic E-state index is -0.332. The second-order valence-electron chi connectivity index (χ2n) is 5.92. The minimum absolute atomic E-state index is 0.0787. The average molecular weight is 346 g/mol. The van der Waals surface area contributed by atoms with Crippen LogP contribution >= 0.6 is 11.8 Å². The van der Waals surface area contributed by atoms with E-state index in [0.29, 0.717) is 5.76 Å². The Morgan fingerprint density at radius 1 is 1.38 bits per heavy atom. The molecule has 2 aromatic rings. The first-order chi connectivity index (χ1) is 11.6. The third kappa shape index (κ3) is 3.40. The first-order valence-corrected chi connectivity index (χ1v) is 9.24. The van der Waals surface area contributed by atoms with Crippen molar-refractivity contribution in [2.45, 2.75) is 26.7 Å². The maximum Gasteiger partial charge on any atom is 0.231 e. The Kier molecular flexibility index (Phi) is 5.08. The van der Waals surface area contributed by atoms with E-state index in [1.807, 2.05) is 44.7 Å². The van der Waals surface area contributed by atoms with Gasteiger partial charge in [-0.25, -0.2) is 4.98 Å². The summed E-state index contributed by atoms with van der Waals surface area (Å²) in [6.07, 6.45) is 1.77. The molecule has 7 heteroatoms. The van der Waals surface area contributed by atoms with Gasteiger partial charge in [-0.3, -0.25) is 4.79 Å². The van der Waals surface area contributed by atoms with E-state index in [4.69, 9.17) is 4.52 Å². The number of carbonyl (C=O) groups is 1. The van der Waals surface area contributed by atoms with Crippen molar-refractivity contribution < 1.29 is 9.32 Å². The Morgan fingerprint density at radius 3 is 2.79 bits per heavy atom. The first kappa shape index (κ1) is 16.8. The van der Waals surface area contributed by atoms with Crippen LogP contribution in [0.25, 0.3) is 0 Å². The number of hydrogen-bond donors (Lipinski definition) is 1. The van der Waals surface area contributed by atoms with Crippen LogP contribution in [0, 0.1) is 13.8 Å². The highest BCUT2D eigenvalue weighted by atomic mass is 32.2.